The monoisotopic (exact) mass is 752 g/mol. The van der Waals surface area contributed by atoms with Gasteiger partial charge in [0.15, 0.2) is 0 Å². The first kappa shape index (κ1) is 32.7. The molecule has 43 heavy (non-hydrogen) atoms. The maximum Gasteiger partial charge on any atom is 0.354 e. The molecule has 7 heteroatoms. The number of carboxylic acid groups (broad SMARTS) is 1. The van der Waals surface area contributed by atoms with Crippen LogP contribution < -0.4 is 4.74 Å². The Kier molecular flexibility index (Phi) is 11.4. The highest BCUT2D eigenvalue weighted by molar-refractivity contribution is 14.1. The Morgan fingerprint density at radius 1 is 0.977 bits per heavy atom. The highest BCUT2D eigenvalue weighted by Gasteiger charge is 2.16. The third kappa shape index (κ3) is 9.16. The van der Waals surface area contributed by atoms with Gasteiger partial charge < -0.3 is 14.4 Å². The van der Waals surface area contributed by atoms with E-state index in [1.54, 1.807) is 6.07 Å². The first-order valence-electron chi connectivity index (χ1n) is 14.4. The zero-order valence-electron chi connectivity index (χ0n) is 25.1. The lowest BCUT2D eigenvalue weighted by Gasteiger charge is -2.20. The number of benzene rings is 3. The van der Waals surface area contributed by atoms with E-state index in [9.17, 15) is 9.90 Å². The number of carbonyl (C=O) groups is 1. The Balaban J connectivity index is 0.000000403. The Bertz CT molecular complexity index is 1690. The molecule has 0 amide bonds. The van der Waals surface area contributed by atoms with Gasteiger partial charge in [0.1, 0.15) is 18.1 Å². The molecule has 0 radical (unpaired) electrons. The van der Waals surface area contributed by atoms with Crippen LogP contribution in [-0.2, 0) is 24.9 Å². The quantitative estimate of drug-likeness (QED) is 0.120. The largest absolute Gasteiger partial charge is 0.489 e. The molecule has 224 valence electrons. The lowest BCUT2D eigenvalue weighted by Crippen LogP contribution is -2.14. The fourth-order valence-electron chi connectivity index (χ4n) is 4.92. The van der Waals surface area contributed by atoms with Crippen molar-refractivity contribution in [1.29, 1.82) is 0 Å². The second kappa shape index (κ2) is 15.0. The molecule has 5 rings (SSSR count). The maximum atomic E-state index is 11.3. The number of carboxylic acids is 1. The normalized spacial score (nSPS) is 11.2. The van der Waals surface area contributed by atoms with Crippen LogP contribution in [0.15, 0.2) is 91.1 Å². The van der Waals surface area contributed by atoms with Gasteiger partial charge >= 0.3 is 5.97 Å². The number of halogens is 2. The molecule has 0 fully saturated rings. The minimum absolute atomic E-state index is 0.0371. The van der Waals surface area contributed by atoms with Crippen LogP contribution in [0.1, 0.15) is 61.3 Å². The topological polar surface area (TPSA) is 64.3 Å². The molecule has 1 N–H and O–H groups in total. The summed E-state index contributed by atoms with van der Waals surface area (Å²) in [6.07, 6.45) is 4.18. The second-order valence-electron chi connectivity index (χ2n) is 11.7. The number of rotatable bonds is 9. The Morgan fingerprint density at radius 3 is 2.40 bits per heavy atom. The summed E-state index contributed by atoms with van der Waals surface area (Å²) in [6.45, 7) is 10.3. The lowest BCUT2D eigenvalue weighted by molar-refractivity contribution is 0.0690. The summed E-state index contributed by atoms with van der Waals surface area (Å²) in [5.41, 5.74) is 6.58. The summed E-state index contributed by atoms with van der Waals surface area (Å²) in [5, 5.41) is 11.4. The minimum atomic E-state index is -1.03. The third-order valence-electron chi connectivity index (χ3n) is 6.79. The molecular weight excluding hydrogens is 715 g/mol. The van der Waals surface area contributed by atoms with E-state index in [2.05, 4.69) is 124 Å². The molecule has 2 heterocycles. The molecule has 5 aromatic rings. The van der Waals surface area contributed by atoms with Gasteiger partial charge in [-0.15, -0.1) is 0 Å². The number of hydrogen-bond acceptors (Lipinski definition) is 3. The SMILES string of the molecule is BrCc1cccc(I)c1.CCCc1c(OCc2cccc(-c3cccc(C(=O)O)n3)c2)ccc2c1ccn2CC(C)(C)C. The molecule has 0 unspecified atom stereocenters. The van der Waals surface area contributed by atoms with Crippen molar-refractivity contribution in [2.45, 2.75) is 59.0 Å². The number of nitrogens with zero attached hydrogens (tertiary/aromatic N) is 2. The second-order valence-corrected chi connectivity index (χ2v) is 13.5. The van der Waals surface area contributed by atoms with E-state index in [0.29, 0.717) is 12.3 Å². The number of aryl methyl sites for hydroxylation is 1. The van der Waals surface area contributed by atoms with Crippen LogP contribution in [0, 0.1) is 8.99 Å². The number of hydrogen-bond donors (Lipinski definition) is 1. The van der Waals surface area contributed by atoms with Gasteiger partial charge in [-0.2, -0.15) is 0 Å². The number of ether oxygens (including phenoxy) is 1. The van der Waals surface area contributed by atoms with Crippen LogP contribution in [-0.4, -0.2) is 20.6 Å². The summed E-state index contributed by atoms with van der Waals surface area (Å²) in [4.78, 5) is 15.5. The molecule has 0 aliphatic heterocycles. The van der Waals surface area contributed by atoms with Gasteiger partial charge in [-0.3, -0.25) is 0 Å². The van der Waals surface area contributed by atoms with Gasteiger partial charge in [0, 0.05) is 43.7 Å². The first-order chi connectivity index (χ1) is 20.6. The zero-order valence-corrected chi connectivity index (χ0v) is 28.9. The molecule has 3 aromatic carbocycles. The molecule has 0 saturated carbocycles. The van der Waals surface area contributed by atoms with Gasteiger partial charge in [0.05, 0.1) is 5.69 Å². The van der Waals surface area contributed by atoms with Crippen LogP contribution >= 0.6 is 38.5 Å². The molecule has 0 saturated heterocycles. The average molecular weight is 754 g/mol. The van der Waals surface area contributed by atoms with E-state index in [-0.39, 0.29) is 11.1 Å². The van der Waals surface area contributed by atoms with Gasteiger partial charge in [0.2, 0.25) is 0 Å². The molecule has 0 atom stereocenters. The number of aromatic carboxylic acids is 1. The number of pyridine rings is 1. The van der Waals surface area contributed by atoms with E-state index >= 15 is 0 Å². The zero-order chi connectivity index (χ0) is 31.0. The van der Waals surface area contributed by atoms with Gasteiger partial charge in [-0.05, 0) is 94.1 Å². The average Bonchev–Trinajstić information content (AvgIpc) is 3.38. The first-order valence-corrected chi connectivity index (χ1v) is 16.6. The number of aromatic nitrogens is 2. The van der Waals surface area contributed by atoms with E-state index < -0.39 is 5.97 Å². The summed E-state index contributed by atoms with van der Waals surface area (Å²) < 4.78 is 9.95. The van der Waals surface area contributed by atoms with Gasteiger partial charge in [0.25, 0.3) is 0 Å². The van der Waals surface area contributed by atoms with Crippen molar-refractivity contribution in [1.82, 2.24) is 9.55 Å². The molecule has 0 bridgehead atoms. The summed E-state index contributed by atoms with van der Waals surface area (Å²) >= 11 is 5.70. The van der Waals surface area contributed by atoms with E-state index in [0.717, 1.165) is 41.6 Å². The van der Waals surface area contributed by atoms with Crippen LogP contribution in [0.2, 0.25) is 0 Å². The Morgan fingerprint density at radius 2 is 1.72 bits per heavy atom. The predicted molar refractivity (Wildman–Crippen MR) is 188 cm³/mol. The fourth-order valence-corrected chi connectivity index (χ4v) is 5.88. The summed E-state index contributed by atoms with van der Waals surface area (Å²) in [6, 6.07) is 27.8. The smallest absolute Gasteiger partial charge is 0.354 e. The lowest BCUT2D eigenvalue weighted by atomic mass is 9.97. The van der Waals surface area contributed by atoms with Crippen molar-refractivity contribution < 1.29 is 14.6 Å². The minimum Gasteiger partial charge on any atom is -0.489 e. The van der Waals surface area contributed by atoms with E-state index in [1.165, 1.54) is 31.7 Å². The fraction of sp³-hybridized carbons (Fsp3) is 0.278. The van der Waals surface area contributed by atoms with Crippen LogP contribution in [0.4, 0.5) is 0 Å². The summed E-state index contributed by atoms with van der Waals surface area (Å²) in [5.74, 6) is -0.115. The molecular formula is C36H38BrIN2O3. The molecule has 2 aromatic heterocycles. The molecule has 5 nitrogen and oxygen atoms in total. The third-order valence-corrected chi connectivity index (χ3v) is 8.11. The van der Waals surface area contributed by atoms with Crippen molar-refractivity contribution in [3.05, 3.63) is 117 Å². The van der Waals surface area contributed by atoms with E-state index in [1.807, 2.05) is 30.3 Å². The Labute approximate surface area is 276 Å². The van der Waals surface area contributed by atoms with Crippen molar-refractivity contribution in [3.8, 4) is 17.0 Å². The standard InChI is InChI=1S/C29H32N2O3.C7H6BrI/c1-5-8-23-22-15-16-31(19-29(2,3)4)26(22)13-14-27(23)34-18-20-9-6-10-21(17-20)24-11-7-12-25(30-24)28(32)33;8-5-6-2-1-3-7(9)4-6/h6-7,9-17H,5,8,18-19H2,1-4H3,(H,32,33);1-4H,5H2. The van der Waals surface area contributed by atoms with Crippen molar-refractivity contribution in [3.63, 3.8) is 0 Å². The molecule has 0 aliphatic rings. The van der Waals surface area contributed by atoms with Gasteiger partial charge in [-0.25, -0.2) is 9.78 Å². The van der Waals surface area contributed by atoms with Gasteiger partial charge in [-0.1, -0.05) is 86.4 Å². The van der Waals surface area contributed by atoms with Crippen molar-refractivity contribution in [2.75, 3.05) is 0 Å². The van der Waals surface area contributed by atoms with Crippen LogP contribution in [0.3, 0.4) is 0 Å². The van der Waals surface area contributed by atoms with Crippen molar-refractivity contribution >= 4 is 55.4 Å². The maximum absolute atomic E-state index is 11.3. The molecule has 0 spiro atoms. The Hall–Kier alpha value is -3.17. The highest BCUT2D eigenvalue weighted by Crippen LogP contribution is 2.32. The van der Waals surface area contributed by atoms with Crippen LogP contribution in [0.5, 0.6) is 5.75 Å². The predicted octanol–water partition coefficient (Wildman–Crippen LogP) is 10.2. The number of alkyl halides is 1. The molecule has 0 aliphatic carbocycles. The summed E-state index contributed by atoms with van der Waals surface area (Å²) in [7, 11) is 0. The van der Waals surface area contributed by atoms with Crippen molar-refractivity contribution in [2.24, 2.45) is 5.41 Å². The number of fused-ring (bicyclic) bond motifs is 1. The highest BCUT2D eigenvalue weighted by atomic mass is 127. The van der Waals surface area contributed by atoms with E-state index in [4.69, 9.17) is 4.74 Å². The van der Waals surface area contributed by atoms with Crippen LogP contribution in [0.25, 0.3) is 22.2 Å².